The fourth-order valence-electron chi connectivity index (χ4n) is 1.43. The Morgan fingerprint density at radius 3 is 1.44 bits per heavy atom. The van der Waals surface area contributed by atoms with Crippen LogP contribution in [0, 0.1) is 10.8 Å². The molecule has 0 amide bonds. The molecule has 18 heavy (non-hydrogen) atoms. The van der Waals surface area contributed by atoms with Crippen LogP contribution in [0.25, 0.3) is 0 Å². The molecule has 6 heteroatoms. The molecular formula is C12H18N4Se2. The summed E-state index contributed by atoms with van der Waals surface area (Å²) >= 11 is 0.283. The first-order valence-corrected chi connectivity index (χ1v) is 9.73. The number of hydrogen-bond donors (Lipinski definition) is 4. The molecule has 0 saturated heterocycles. The molecule has 0 aliphatic carbocycles. The van der Waals surface area contributed by atoms with E-state index >= 15 is 0 Å². The summed E-state index contributed by atoms with van der Waals surface area (Å²) in [7, 11) is 0. The first-order chi connectivity index (χ1) is 8.58. The predicted octanol–water partition coefficient (Wildman–Crippen LogP) is 0.804. The molecule has 4 nitrogen and oxygen atoms in total. The van der Waals surface area contributed by atoms with Crippen molar-refractivity contribution in [3.63, 3.8) is 0 Å². The minimum atomic E-state index is 0.142. The molecule has 0 aromatic heterocycles. The van der Waals surface area contributed by atoms with E-state index in [0.717, 1.165) is 23.5 Å². The molecule has 0 fully saturated rings. The van der Waals surface area contributed by atoms with Gasteiger partial charge in [0.05, 0.1) is 0 Å². The van der Waals surface area contributed by atoms with Gasteiger partial charge in [0.15, 0.2) is 0 Å². The summed E-state index contributed by atoms with van der Waals surface area (Å²) in [5.74, 6) is 0. The molecule has 0 spiro atoms. The van der Waals surface area contributed by atoms with Gasteiger partial charge in [-0.3, -0.25) is 0 Å². The molecule has 1 aromatic rings. The molecule has 0 bridgehead atoms. The van der Waals surface area contributed by atoms with Crippen molar-refractivity contribution in [2.75, 3.05) is 0 Å². The van der Waals surface area contributed by atoms with Gasteiger partial charge in [-0.25, -0.2) is 0 Å². The molecule has 98 valence electrons. The summed E-state index contributed by atoms with van der Waals surface area (Å²) in [6, 6.07) is 8.58. The van der Waals surface area contributed by atoms with Crippen molar-refractivity contribution >= 4 is 39.4 Å². The number of aryl methyl sites for hydroxylation is 2. The Morgan fingerprint density at radius 1 is 0.833 bits per heavy atom. The quantitative estimate of drug-likeness (QED) is 0.307. The second kappa shape index (κ2) is 8.33. The molecule has 1 rings (SSSR count). The molecule has 0 aliphatic heterocycles. The van der Waals surface area contributed by atoms with Crippen LogP contribution in [0.15, 0.2) is 24.3 Å². The van der Waals surface area contributed by atoms with Gasteiger partial charge in [0, 0.05) is 0 Å². The monoisotopic (exact) mass is 378 g/mol. The van der Waals surface area contributed by atoms with Crippen LogP contribution in [-0.4, -0.2) is 39.4 Å². The van der Waals surface area contributed by atoms with Gasteiger partial charge in [-0.15, -0.1) is 0 Å². The van der Waals surface area contributed by atoms with Gasteiger partial charge < -0.3 is 0 Å². The zero-order chi connectivity index (χ0) is 13.4. The number of benzene rings is 1. The van der Waals surface area contributed by atoms with Crippen molar-refractivity contribution in [2.24, 2.45) is 11.5 Å². The third-order valence-corrected chi connectivity index (χ3v) is 5.34. The number of nitrogens with one attached hydrogen (secondary N) is 2. The standard InChI is InChI=1S/C12H18N4Se2/c13-11(14)17-7-5-9-1-2-10(4-3-9)6-8-18-12(15)16/h1-4H,5-8H2,(H3,13,14)(H3,15,16). The van der Waals surface area contributed by atoms with Gasteiger partial charge in [-0.05, 0) is 0 Å². The molecule has 0 aliphatic rings. The van der Waals surface area contributed by atoms with Gasteiger partial charge >= 0.3 is 121 Å². The van der Waals surface area contributed by atoms with E-state index in [2.05, 4.69) is 24.3 Å². The number of hydrogen-bond acceptors (Lipinski definition) is 2. The van der Waals surface area contributed by atoms with Crippen molar-refractivity contribution in [1.29, 1.82) is 10.8 Å². The minimum absolute atomic E-state index is 0.142. The zero-order valence-electron chi connectivity index (χ0n) is 10.1. The van der Waals surface area contributed by atoms with Gasteiger partial charge in [-0.2, -0.15) is 0 Å². The fraction of sp³-hybridized carbons (Fsp3) is 0.333. The number of rotatable bonds is 8. The van der Waals surface area contributed by atoms with E-state index in [1.165, 1.54) is 11.1 Å². The maximum atomic E-state index is 7.18. The van der Waals surface area contributed by atoms with Crippen molar-refractivity contribution in [2.45, 2.75) is 23.5 Å². The van der Waals surface area contributed by atoms with Crippen LogP contribution in [0.1, 0.15) is 11.1 Å². The van der Waals surface area contributed by atoms with E-state index in [4.69, 9.17) is 22.3 Å². The Bertz CT molecular complexity index is 364. The Morgan fingerprint density at radius 2 is 1.17 bits per heavy atom. The molecule has 0 heterocycles. The normalized spacial score (nSPS) is 10.2. The predicted molar refractivity (Wildman–Crippen MR) is 78.8 cm³/mol. The van der Waals surface area contributed by atoms with Crippen LogP contribution in [0.3, 0.4) is 0 Å². The molecule has 1 aromatic carbocycles. The van der Waals surface area contributed by atoms with Crippen molar-refractivity contribution in [3.05, 3.63) is 35.4 Å². The first kappa shape index (κ1) is 15.3. The second-order valence-corrected chi connectivity index (χ2v) is 8.51. The summed E-state index contributed by atoms with van der Waals surface area (Å²) < 4.78 is 0.649. The van der Waals surface area contributed by atoms with E-state index in [1.807, 2.05) is 0 Å². The van der Waals surface area contributed by atoms with Gasteiger partial charge in [-0.1, -0.05) is 0 Å². The van der Waals surface area contributed by atoms with Crippen LogP contribution in [0.5, 0.6) is 0 Å². The molecule has 6 N–H and O–H groups in total. The van der Waals surface area contributed by atoms with Crippen molar-refractivity contribution < 1.29 is 0 Å². The summed E-state index contributed by atoms with van der Waals surface area (Å²) in [6.45, 7) is 0. The third kappa shape index (κ3) is 6.82. The van der Waals surface area contributed by atoms with Crippen LogP contribution >= 0.6 is 0 Å². The van der Waals surface area contributed by atoms with E-state index in [-0.39, 0.29) is 29.9 Å². The van der Waals surface area contributed by atoms with Crippen LogP contribution in [0.4, 0.5) is 0 Å². The second-order valence-electron chi connectivity index (χ2n) is 3.74. The Balaban J connectivity index is 2.33. The third-order valence-electron chi connectivity index (χ3n) is 2.32. The fourth-order valence-corrected chi connectivity index (χ4v) is 3.77. The Labute approximate surface area is 120 Å². The molecule has 0 unspecified atom stereocenters. The molecular weight excluding hydrogens is 358 g/mol. The van der Waals surface area contributed by atoms with Crippen molar-refractivity contribution in [3.8, 4) is 0 Å². The first-order valence-electron chi connectivity index (χ1n) is 5.59. The number of amidine groups is 2. The molecule has 0 atom stereocenters. The summed E-state index contributed by atoms with van der Waals surface area (Å²) in [5.41, 5.74) is 13.3. The zero-order valence-corrected chi connectivity index (χ0v) is 13.5. The number of nitrogens with two attached hydrogens (primary N) is 2. The topological polar surface area (TPSA) is 99.7 Å². The van der Waals surface area contributed by atoms with Gasteiger partial charge in [0.25, 0.3) is 0 Å². The van der Waals surface area contributed by atoms with Gasteiger partial charge in [0.1, 0.15) is 0 Å². The van der Waals surface area contributed by atoms with Crippen molar-refractivity contribution in [1.82, 2.24) is 0 Å². The van der Waals surface area contributed by atoms with E-state index < -0.39 is 0 Å². The van der Waals surface area contributed by atoms with Crippen LogP contribution < -0.4 is 11.5 Å². The molecule has 0 saturated carbocycles. The van der Waals surface area contributed by atoms with Gasteiger partial charge in [0.2, 0.25) is 0 Å². The summed E-state index contributed by atoms with van der Waals surface area (Å²) in [4.78, 5) is 0. The molecule has 0 radical (unpaired) electrons. The summed E-state index contributed by atoms with van der Waals surface area (Å²) in [5, 5.41) is 16.4. The van der Waals surface area contributed by atoms with E-state index in [0.29, 0.717) is 9.47 Å². The maximum absolute atomic E-state index is 7.18. The average Bonchev–Trinajstić information content (AvgIpc) is 2.30. The van der Waals surface area contributed by atoms with Crippen LogP contribution in [0.2, 0.25) is 10.6 Å². The van der Waals surface area contributed by atoms with E-state index in [1.54, 1.807) is 0 Å². The van der Waals surface area contributed by atoms with E-state index in [9.17, 15) is 0 Å². The van der Waals surface area contributed by atoms with Crippen LogP contribution in [-0.2, 0) is 12.8 Å². The Hall–Kier alpha value is -0.801. The SMILES string of the molecule is N=C(N)[Se]CCc1ccc(CC[Se]C(=N)N)cc1. The Kier molecular flexibility index (Phi) is 7.06. The average molecular weight is 376 g/mol. The summed E-state index contributed by atoms with van der Waals surface area (Å²) in [6.07, 6.45) is 1.99.